The number of phenolic OH excluding ortho intramolecular Hbond substituents is 1. The fraction of sp³-hybridized carbons (Fsp3) is 0.450. The van der Waals surface area contributed by atoms with Crippen molar-refractivity contribution in [3.05, 3.63) is 36.1 Å². The standard InChI is InChI=1S/C20H26N4O4/c1-3-16(20(27)22-18-12-13(2)28-23-18)24-10-8-14(9-11-24)19(26)21-15-6-4-5-7-17(15)25/h4-7,12,14,16,25H,3,8-11H2,1-2H3,(H,21,26)(H,22,23,27)/t16-/m1/s1. The summed E-state index contributed by atoms with van der Waals surface area (Å²) < 4.78 is 4.98. The van der Waals surface area contributed by atoms with Crippen LogP contribution in [-0.2, 0) is 9.59 Å². The molecule has 1 aliphatic rings. The number of hydrogen-bond donors (Lipinski definition) is 3. The Morgan fingerprint density at radius 3 is 2.61 bits per heavy atom. The molecule has 1 aliphatic heterocycles. The summed E-state index contributed by atoms with van der Waals surface area (Å²) >= 11 is 0. The van der Waals surface area contributed by atoms with E-state index in [4.69, 9.17) is 4.52 Å². The number of carbonyl (C=O) groups is 2. The van der Waals surface area contributed by atoms with Crippen molar-refractivity contribution in [1.29, 1.82) is 0 Å². The van der Waals surface area contributed by atoms with Crippen molar-refractivity contribution in [3.63, 3.8) is 0 Å². The van der Waals surface area contributed by atoms with Gasteiger partial charge in [0.25, 0.3) is 0 Å². The molecular weight excluding hydrogens is 360 g/mol. The van der Waals surface area contributed by atoms with E-state index < -0.39 is 0 Å². The molecule has 1 fully saturated rings. The van der Waals surface area contributed by atoms with E-state index in [0.717, 1.165) is 0 Å². The van der Waals surface area contributed by atoms with Crippen LogP contribution in [0.2, 0.25) is 0 Å². The largest absolute Gasteiger partial charge is 0.506 e. The first-order valence-electron chi connectivity index (χ1n) is 9.55. The average Bonchev–Trinajstić information content (AvgIpc) is 3.09. The van der Waals surface area contributed by atoms with Gasteiger partial charge in [0.15, 0.2) is 5.82 Å². The molecular formula is C20H26N4O4. The molecule has 2 heterocycles. The van der Waals surface area contributed by atoms with Crippen molar-refractivity contribution in [2.45, 2.75) is 39.2 Å². The summed E-state index contributed by atoms with van der Waals surface area (Å²) in [6.45, 7) is 5.05. The Hall–Kier alpha value is -2.87. The number of phenols is 1. The Labute approximate surface area is 163 Å². The van der Waals surface area contributed by atoms with Crippen LogP contribution < -0.4 is 10.6 Å². The highest BCUT2D eigenvalue weighted by Gasteiger charge is 2.31. The number of rotatable bonds is 6. The lowest BCUT2D eigenvalue weighted by Gasteiger charge is -2.35. The van der Waals surface area contributed by atoms with E-state index in [0.29, 0.717) is 49.6 Å². The quantitative estimate of drug-likeness (QED) is 0.659. The highest BCUT2D eigenvalue weighted by atomic mass is 16.5. The molecule has 0 bridgehead atoms. The third-order valence-electron chi connectivity index (χ3n) is 5.07. The van der Waals surface area contributed by atoms with Gasteiger partial charge in [0.2, 0.25) is 11.8 Å². The van der Waals surface area contributed by atoms with Crippen LogP contribution in [0.4, 0.5) is 11.5 Å². The van der Waals surface area contributed by atoms with E-state index in [1.165, 1.54) is 0 Å². The molecule has 28 heavy (non-hydrogen) atoms. The van der Waals surface area contributed by atoms with Crippen LogP contribution in [0.25, 0.3) is 0 Å². The summed E-state index contributed by atoms with van der Waals surface area (Å²) in [4.78, 5) is 27.2. The van der Waals surface area contributed by atoms with Crippen LogP contribution in [-0.4, -0.2) is 46.1 Å². The predicted molar refractivity (Wildman–Crippen MR) is 105 cm³/mol. The molecule has 1 aromatic carbocycles. The first-order chi connectivity index (χ1) is 13.5. The SMILES string of the molecule is CC[C@H](C(=O)Nc1cc(C)on1)N1CCC(C(=O)Nc2ccccc2O)CC1. The van der Waals surface area contributed by atoms with E-state index in [9.17, 15) is 14.7 Å². The van der Waals surface area contributed by atoms with Crippen LogP contribution in [0, 0.1) is 12.8 Å². The molecule has 3 N–H and O–H groups in total. The number of aryl methyl sites for hydroxylation is 1. The van der Waals surface area contributed by atoms with Gasteiger partial charge in [-0.2, -0.15) is 0 Å². The Balaban J connectivity index is 1.53. The van der Waals surface area contributed by atoms with Crippen LogP contribution in [0.5, 0.6) is 5.75 Å². The number of carbonyl (C=O) groups excluding carboxylic acids is 2. The van der Waals surface area contributed by atoms with Gasteiger partial charge < -0.3 is 20.3 Å². The van der Waals surface area contributed by atoms with E-state index in [1.807, 2.05) is 6.92 Å². The van der Waals surface area contributed by atoms with Gasteiger partial charge in [0.05, 0.1) is 11.7 Å². The zero-order valence-corrected chi connectivity index (χ0v) is 16.1. The molecule has 8 heteroatoms. The summed E-state index contributed by atoms with van der Waals surface area (Å²) in [5.74, 6) is 0.746. The maximum absolute atomic E-state index is 12.6. The van der Waals surface area contributed by atoms with Crippen molar-refractivity contribution in [2.24, 2.45) is 5.92 Å². The van der Waals surface area contributed by atoms with Gasteiger partial charge in [-0.1, -0.05) is 24.2 Å². The maximum Gasteiger partial charge on any atom is 0.242 e. The second kappa shape index (κ2) is 8.88. The summed E-state index contributed by atoms with van der Waals surface area (Å²) in [5, 5.41) is 19.2. The molecule has 0 saturated carbocycles. The van der Waals surface area contributed by atoms with Crippen LogP contribution in [0.3, 0.4) is 0 Å². The Morgan fingerprint density at radius 2 is 2.00 bits per heavy atom. The second-order valence-corrected chi connectivity index (χ2v) is 7.05. The number of nitrogens with one attached hydrogen (secondary N) is 2. The second-order valence-electron chi connectivity index (χ2n) is 7.05. The zero-order valence-electron chi connectivity index (χ0n) is 16.1. The molecule has 8 nitrogen and oxygen atoms in total. The van der Waals surface area contributed by atoms with E-state index in [2.05, 4.69) is 20.7 Å². The monoisotopic (exact) mass is 386 g/mol. The fourth-order valence-corrected chi connectivity index (χ4v) is 3.53. The first-order valence-corrected chi connectivity index (χ1v) is 9.55. The highest BCUT2D eigenvalue weighted by molar-refractivity contribution is 5.95. The minimum Gasteiger partial charge on any atom is -0.506 e. The number of aromatic hydroxyl groups is 1. The number of likely N-dealkylation sites (tertiary alicyclic amines) is 1. The Kier molecular flexibility index (Phi) is 6.30. The van der Waals surface area contributed by atoms with Crippen LogP contribution in [0.1, 0.15) is 31.9 Å². The smallest absolute Gasteiger partial charge is 0.242 e. The summed E-state index contributed by atoms with van der Waals surface area (Å²) in [6, 6.07) is 8.09. The molecule has 150 valence electrons. The number of amides is 2. The van der Waals surface area contributed by atoms with Gasteiger partial charge in [-0.25, -0.2) is 0 Å². The molecule has 0 spiro atoms. The zero-order chi connectivity index (χ0) is 20.1. The van der Waals surface area contributed by atoms with Crippen molar-refractivity contribution in [1.82, 2.24) is 10.1 Å². The minimum atomic E-state index is -0.279. The number of hydrogen-bond acceptors (Lipinski definition) is 6. The Morgan fingerprint density at radius 1 is 1.29 bits per heavy atom. The highest BCUT2D eigenvalue weighted by Crippen LogP contribution is 2.26. The lowest BCUT2D eigenvalue weighted by atomic mass is 9.94. The molecule has 0 aliphatic carbocycles. The number of aromatic nitrogens is 1. The normalized spacial score (nSPS) is 16.5. The summed E-state index contributed by atoms with van der Waals surface area (Å²) in [6.07, 6.45) is 1.98. The fourth-order valence-electron chi connectivity index (χ4n) is 3.53. The molecule has 3 rings (SSSR count). The molecule has 0 radical (unpaired) electrons. The van der Waals surface area contributed by atoms with Crippen molar-refractivity contribution in [3.8, 4) is 5.75 Å². The average molecular weight is 386 g/mol. The van der Waals surface area contributed by atoms with Crippen LogP contribution in [0.15, 0.2) is 34.9 Å². The van der Waals surface area contributed by atoms with Gasteiger partial charge >= 0.3 is 0 Å². The number of piperidine rings is 1. The van der Waals surface area contributed by atoms with Crippen molar-refractivity contribution >= 4 is 23.3 Å². The third kappa shape index (κ3) is 4.69. The van der Waals surface area contributed by atoms with Gasteiger partial charge in [-0.05, 0) is 51.4 Å². The van der Waals surface area contributed by atoms with Crippen molar-refractivity contribution < 1.29 is 19.2 Å². The summed E-state index contributed by atoms with van der Waals surface area (Å²) in [5.41, 5.74) is 0.420. The minimum absolute atomic E-state index is 0.0547. The predicted octanol–water partition coefficient (Wildman–Crippen LogP) is 2.76. The molecule has 1 atom stereocenters. The summed E-state index contributed by atoms with van der Waals surface area (Å²) in [7, 11) is 0. The lowest BCUT2D eigenvalue weighted by Crippen LogP contribution is -2.48. The molecule has 2 amide bonds. The van der Waals surface area contributed by atoms with Crippen LogP contribution >= 0.6 is 0 Å². The van der Waals surface area contributed by atoms with Gasteiger partial charge in [-0.15, -0.1) is 0 Å². The Bertz CT molecular complexity index is 827. The van der Waals surface area contributed by atoms with E-state index >= 15 is 0 Å². The number of nitrogens with zero attached hydrogens (tertiary/aromatic N) is 2. The third-order valence-corrected chi connectivity index (χ3v) is 5.07. The number of para-hydroxylation sites is 2. The van der Waals surface area contributed by atoms with E-state index in [1.54, 1.807) is 37.3 Å². The van der Waals surface area contributed by atoms with Crippen molar-refractivity contribution in [2.75, 3.05) is 23.7 Å². The van der Waals surface area contributed by atoms with Gasteiger partial charge in [0.1, 0.15) is 11.5 Å². The number of anilines is 2. The topological polar surface area (TPSA) is 108 Å². The van der Waals surface area contributed by atoms with Gasteiger partial charge in [-0.3, -0.25) is 14.5 Å². The molecule has 1 aromatic heterocycles. The van der Waals surface area contributed by atoms with E-state index in [-0.39, 0.29) is 29.5 Å². The maximum atomic E-state index is 12.6. The number of benzene rings is 1. The first kappa shape index (κ1) is 19.9. The molecule has 0 unspecified atom stereocenters. The lowest BCUT2D eigenvalue weighted by molar-refractivity contribution is -0.123. The molecule has 2 aromatic rings. The molecule has 1 saturated heterocycles. The van der Waals surface area contributed by atoms with Gasteiger partial charge in [0, 0.05) is 12.0 Å².